The van der Waals surface area contributed by atoms with Crippen LogP contribution in [0.25, 0.3) is 0 Å². The fraction of sp³-hybridized carbons (Fsp3) is 0.500. The molecule has 2 aromatic rings. The van der Waals surface area contributed by atoms with E-state index in [9.17, 15) is 14.4 Å². The van der Waals surface area contributed by atoms with Gasteiger partial charge in [0.25, 0.3) is 11.8 Å². The van der Waals surface area contributed by atoms with Crippen molar-refractivity contribution in [2.24, 2.45) is 0 Å². The second kappa shape index (κ2) is 15.1. The standard InChI is InChI=1S/C24H32N4O7S/c1-32-11-12-33-13-14-34-16-22(30)28-9-7-18(8-10-28)24-25-20(17-36-24)23(31)27-26-21(29)15-35-19-5-3-2-4-6-19/h2-6,17-18H,7-16H2,1H3,(H,26,29)(H,27,31). The van der Waals surface area contributed by atoms with E-state index in [1.807, 2.05) is 6.07 Å². The molecule has 36 heavy (non-hydrogen) atoms. The van der Waals surface area contributed by atoms with Crippen molar-refractivity contribution in [3.8, 4) is 5.75 Å². The molecule has 12 heteroatoms. The molecule has 2 N–H and O–H groups in total. The van der Waals surface area contributed by atoms with Gasteiger partial charge in [-0.2, -0.15) is 0 Å². The van der Waals surface area contributed by atoms with Crippen LogP contribution in [0, 0.1) is 0 Å². The highest BCUT2D eigenvalue weighted by molar-refractivity contribution is 7.09. The Morgan fingerprint density at radius 1 is 1.00 bits per heavy atom. The number of piperidine rings is 1. The lowest BCUT2D eigenvalue weighted by molar-refractivity contribution is -0.137. The number of likely N-dealkylation sites (tertiary alicyclic amines) is 1. The van der Waals surface area contributed by atoms with Crippen LogP contribution in [0.3, 0.4) is 0 Å². The second-order valence-corrected chi connectivity index (χ2v) is 8.88. The summed E-state index contributed by atoms with van der Waals surface area (Å²) in [6, 6.07) is 8.92. The highest BCUT2D eigenvalue weighted by Gasteiger charge is 2.26. The van der Waals surface area contributed by atoms with E-state index in [4.69, 9.17) is 18.9 Å². The van der Waals surface area contributed by atoms with Gasteiger partial charge in [-0.05, 0) is 25.0 Å². The smallest absolute Gasteiger partial charge is 0.289 e. The maximum atomic E-state index is 12.4. The maximum absolute atomic E-state index is 12.4. The molecule has 0 saturated carbocycles. The highest BCUT2D eigenvalue weighted by Crippen LogP contribution is 2.30. The number of amides is 3. The molecule has 0 spiro atoms. The van der Waals surface area contributed by atoms with Gasteiger partial charge in [-0.15, -0.1) is 11.3 Å². The number of hydrazine groups is 1. The monoisotopic (exact) mass is 520 g/mol. The molecule has 1 saturated heterocycles. The van der Waals surface area contributed by atoms with Gasteiger partial charge in [0.2, 0.25) is 5.91 Å². The number of hydrogen-bond donors (Lipinski definition) is 2. The fourth-order valence-corrected chi connectivity index (χ4v) is 4.43. The zero-order valence-electron chi connectivity index (χ0n) is 20.3. The van der Waals surface area contributed by atoms with E-state index in [1.165, 1.54) is 11.3 Å². The molecule has 3 rings (SSSR count). The minimum absolute atomic E-state index is 0.0297. The molecule has 1 aromatic heterocycles. The van der Waals surface area contributed by atoms with Gasteiger partial charge in [0.15, 0.2) is 6.61 Å². The van der Waals surface area contributed by atoms with Crippen molar-refractivity contribution in [1.29, 1.82) is 0 Å². The van der Waals surface area contributed by atoms with Crippen LogP contribution in [0.5, 0.6) is 5.75 Å². The van der Waals surface area contributed by atoms with E-state index in [2.05, 4.69) is 15.8 Å². The van der Waals surface area contributed by atoms with Crippen LogP contribution in [-0.2, 0) is 23.8 Å². The van der Waals surface area contributed by atoms with Gasteiger partial charge < -0.3 is 23.8 Å². The summed E-state index contributed by atoms with van der Waals surface area (Å²) in [7, 11) is 1.61. The number of ether oxygens (including phenoxy) is 4. The first kappa shape index (κ1) is 27.5. The summed E-state index contributed by atoms with van der Waals surface area (Å²) in [5.74, 6) is -0.295. The lowest BCUT2D eigenvalue weighted by Gasteiger charge is -2.31. The lowest BCUT2D eigenvalue weighted by Crippen LogP contribution is -2.44. The SMILES string of the molecule is COCCOCCOCC(=O)N1CCC(c2nc(C(=O)NNC(=O)COc3ccccc3)cs2)CC1. The molecule has 0 aliphatic carbocycles. The van der Waals surface area contributed by atoms with Crippen molar-refractivity contribution < 1.29 is 33.3 Å². The summed E-state index contributed by atoms with van der Waals surface area (Å²) < 4.78 is 20.9. The van der Waals surface area contributed by atoms with Crippen LogP contribution in [0.1, 0.15) is 34.3 Å². The molecule has 3 amide bonds. The van der Waals surface area contributed by atoms with Crippen molar-refractivity contribution in [1.82, 2.24) is 20.7 Å². The van der Waals surface area contributed by atoms with Gasteiger partial charge in [-0.3, -0.25) is 25.2 Å². The van der Waals surface area contributed by atoms with E-state index in [0.29, 0.717) is 45.3 Å². The van der Waals surface area contributed by atoms with E-state index < -0.39 is 11.8 Å². The number of carbonyl (C=O) groups excluding carboxylic acids is 3. The number of hydrogen-bond acceptors (Lipinski definition) is 9. The number of benzene rings is 1. The quantitative estimate of drug-likeness (QED) is 0.299. The minimum Gasteiger partial charge on any atom is -0.484 e. The summed E-state index contributed by atoms with van der Waals surface area (Å²) in [5.41, 5.74) is 4.91. The number of para-hydroxylation sites is 1. The first-order valence-corrected chi connectivity index (χ1v) is 12.6. The average Bonchev–Trinajstić information content (AvgIpc) is 3.41. The Morgan fingerprint density at radius 2 is 1.72 bits per heavy atom. The molecule has 1 aromatic carbocycles. The molecule has 0 atom stereocenters. The van der Waals surface area contributed by atoms with Gasteiger partial charge in [0.1, 0.15) is 18.1 Å². The fourth-order valence-electron chi connectivity index (χ4n) is 3.46. The number of nitrogens with zero attached hydrogens (tertiary/aromatic N) is 2. The number of nitrogens with one attached hydrogen (secondary N) is 2. The number of aromatic nitrogens is 1. The Bertz CT molecular complexity index is 964. The molecule has 0 radical (unpaired) electrons. The van der Waals surface area contributed by atoms with E-state index >= 15 is 0 Å². The van der Waals surface area contributed by atoms with Crippen molar-refractivity contribution >= 4 is 29.1 Å². The molecule has 196 valence electrons. The molecule has 0 unspecified atom stereocenters. The third-order valence-corrected chi connectivity index (χ3v) is 6.42. The summed E-state index contributed by atoms with van der Waals surface area (Å²) in [4.78, 5) is 42.8. The Kier molecular flexibility index (Phi) is 11.6. The topological polar surface area (TPSA) is 128 Å². The Labute approximate surface area is 214 Å². The van der Waals surface area contributed by atoms with Crippen molar-refractivity contribution in [3.63, 3.8) is 0 Å². The Hall–Kier alpha value is -3.06. The van der Waals surface area contributed by atoms with Crippen molar-refractivity contribution in [2.45, 2.75) is 18.8 Å². The largest absolute Gasteiger partial charge is 0.484 e. The molecular weight excluding hydrogens is 488 g/mol. The highest BCUT2D eigenvalue weighted by atomic mass is 32.1. The van der Waals surface area contributed by atoms with E-state index in [0.717, 1.165) is 17.8 Å². The van der Waals surface area contributed by atoms with Gasteiger partial charge in [0.05, 0.1) is 31.4 Å². The van der Waals surface area contributed by atoms with Gasteiger partial charge in [-0.1, -0.05) is 18.2 Å². The molecule has 0 bridgehead atoms. The maximum Gasteiger partial charge on any atom is 0.289 e. The third kappa shape index (κ3) is 9.19. The Balaban J connectivity index is 1.32. The minimum atomic E-state index is -0.499. The lowest BCUT2D eigenvalue weighted by atomic mass is 9.97. The number of thiazole rings is 1. The first-order valence-electron chi connectivity index (χ1n) is 11.7. The van der Waals surface area contributed by atoms with Gasteiger partial charge >= 0.3 is 0 Å². The Morgan fingerprint density at radius 3 is 2.47 bits per heavy atom. The van der Waals surface area contributed by atoms with Gasteiger partial charge in [-0.25, -0.2) is 4.98 Å². The zero-order chi connectivity index (χ0) is 25.6. The van der Waals surface area contributed by atoms with Crippen molar-refractivity contribution in [3.05, 3.63) is 46.4 Å². The third-order valence-electron chi connectivity index (χ3n) is 5.41. The summed E-state index contributed by atoms with van der Waals surface area (Å²) in [5, 5.41) is 2.51. The van der Waals surface area contributed by atoms with Gasteiger partial charge in [0, 0.05) is 31.5 Å². The molecule has 11 nitrogen and oxygen atoms in total. The molecule has 1 aliphatic heterocycles. The first-order chi connectivity index (χ1) is 17.6. The molecule has 1 aliphatic rings. The van der Waals surface area contributed by atoms with Crippen LogP contribution in [0.4, 0.5) is 0 Å². The summed E-state index contributed by atoms with van der Waals surface area (Å²) >= 11 is 1.40. The summed E-state index contributed by atoms with van der Waals surface area (Å²) in [6.45, 7) is 2.82. The summed E-state index contributed by atoms with van der Waals surface area (Å²) in [6.07, 6.45) is 1.52. The van der Waals surface area contributed by atoms with Crippen molar-refractivity contribution in [2.75, 3.05) is 59.8 Å². The van der Waals surface area contributed by atoms with Crippen LogP contribution >= 0.6 is 11.3 Å². The predicted molar refractivity (Wildman–Crippen MR) is 132 cm³/mol. The van der Waals surface area contributed by atoms with Crippen LogP contribution < -0.4 is 15.6 Å². The average molecular weight is 521 g/mol. The van der Waals surface area contributed by atoms with Crippen LogP contribution in [0.15, 0.2) is 35.7 Å². The van der Waals surface area contributed by atoms with E-state index in [1.54, 1.807) is 41.7 Å². The normalized spacial score (nSPS) is 13.9. The van der Waals surface area contributed by atoms with E-state index in [-0.39, 0.29) is 30.7 Å². The number of rotatable bonds is 13. The van der Waals surface area contributed by atoms with Crippen LogP contribution in [-0.4, -0.2) is 87.4 Å². The second-order valence-electron chi connectivity index (χ2n) is 7.99. The number of carbonyl (C=O) groups is 3. The predicted octanol–water partition coefficient (Wildman–Crippen LogP) is 1.37. The van der Waals surface area contributed by atoms with Crippen LogP contribution in [0.2, 0.25) is 0 Å². The molecular formula is C24H32N4O7S. The molecule has 1 fully saturated rings. The number of methoxy groups -OCH3 is 1. The molecule has 2 heterocycles. The zero-order valence-corrected chi connectivity index (χ0v) is 21.1.